The molecule has 4 aliphatic rings. The van der Waals surface area contributed by atoms with Crippen molar-refractivity contribution in [1.29, 1.82) is 0 Å². The van der Waals surface area contributed by atoms with Crippen LogP contribution in [0.25, 0.3) is 0 Å². The van der Waals surface area contributed by atoms with Crippen molar-refractivity contribution >= 4 is 5.71 Å². The van der Waals surface area contributed by atoms with Gasteiger partial charge in [0.15, 0.2) is 0 Å². The largest absolute Gasteiger partial charge is 0.396 e. The second-order valence-corrected chi connectivity index (χ2v) is 9.98. The van der Waals surface area contributed by atoms with Gasteiger partial charge in [-0.2, -0.15) is 0 Å². The van der Waals surface area contributed by atoms with Gasteiger partial charge in [0.2, 0.25) is 0 Å². The second-order valence-electron chi connectivity index (χ2n) is 9.98. The van der Waals surface area contributed by atoms with E-state index in [4.69, 9.17) is 4.84 Å². The Kier molecular flexibility index (Phi) is 4.74. The maximum atomic E-state index is 10.2. The zero-order valence-corrected chi connectivity index (χ0v) is 17.1. The van der Waals surface area contributed by atoms with Crippen molar-refractivity contribution in [3.8, 4) is 0 Å². The Hall–Kier alpha value is -0.830. The van der Waals surface area contributed by atoms with Gasteiger partial charge in [-0.15, -0.1) is 0 Å². The molecule has 3 fully saturated rings. The van der Waals surface area contributed by atoms with Gasteiger partial charge in [0, 0.05) is 5.92 Å². The van der Waals surface area contributed by atoms with Gasteiger partial charge in [-0.05, 0) is 93.8 Å². The molecule has 4 rings (SSSR count). The lowest BCUT2D eigenvalue weighted by molar-refractivity contribution is -0.0426. The standard InChI is InChI=1S/C23H37NO2/c1-5-26-24-15(2)19-8-9-20-18-7-6-16-14-17(25)10-12-22(16,3)21(18)11-13-23(19,20)4/h6,17-21,25H,5,7-14H2,1-4H3/b24-15+. The Morgan fingerprint density at radius 3 is 2.77 bits per heavy atom. The highest BCUT2D eigenvalue weighted by atomic mass is 16.6. The summed E-state index contributed by atoms with van der Waals surface area (Å²) in [7, 11) is 0. The van der Waals surface area contributed by atoms with Crippen LogP contribution in [0.5, 0.6) is 0 Å². The summed E-state index contributed by atoms with van der Waals surface area (Å²) in [5.41, 5.74) is 3.52. The molecule has 0 bridgehead atoms. The highest BCUT2D eigenvalue weighted by Crippen LogP contribution is 2.66. The summed E-state index contributed by atoms with van der Waals surface area (Å²) >= 11 is 0. The van der Waals surface area contributed by atoms with Crippen LogP contribution in [0.1, 0.15) is 79.1 Å². The third kappa shape index (κ3) is 2.68. The fraction of sp³-hybridized carbons (Fsp3) is 0.870. The van der Waals surface area contributed by atoms with Crippen LogP contribution in [0, 0.1) is 34.5 Å². The molecule has 4 aliphatic carbocycles. The van der Waals surface area contributed by atoms with Gasteiger partial charge < -0.3 is 9.94 Å². The van der Waals surface area contributed by atoms with Crippen LogP contribution in [-0.4, -0.2) is 23.5 Å². The summed E-state index contributed by atoms with van der Waals surface area (Å²) in [4.78, 5) is 5.39. The van der Waals surface area contributed by atoms with Gasteiger partial charge in [-0.25, -0.2) is 0 Å². The smallest absolute Gasteiger partial charge is 0.114 e. The average Bonchev–Trinajstić information content (AvgIpc) is 2.97. The first-order valence-corrected chi connectivity index (χ1v) is 10.9. The molecule has 0 aromatic rings. The molecular formula is C23H37NO2. The van der Waals surface area contributed by atoms with Crippen LogP contribution in [0.3, 0.4) is 0 Å². The summed E-state index contributed by atoms with van der Waals surface area (Å²) in [6.45, 7) is 9.91. The van der Waals surface area contributed by atoms with E-state index in [1.165, 1.54) is 44.2 Å². The van der Waals surface area contributed by atoms with E-state index < -0.39 is 0 Å². The molecule has 0 spiro atoms. The van der Waals surface area contributed by atoms with E-state index in [0.29, 0.717) is 23.4 Å². The minimum Gasteiger partial charge on any atom is -0.396 e. The number of fused-ring (bicyclic) bond motifs is 5. The van der Waals surface area contributed by atoms with Crippen molar-refractivity contribution in [3.63, 3.8) is 0 Å². The molecule has 7 unspecified atom stereocenters. The van der Waals surface area contributed by atoms with Crippen LogP contribution in [0.15, 0.2) is 16.8 Å². The number of allylic oxidation sites excluding steroid dienone is 1. The van der Waals surface area contributed by atoms with Gasteiger partial charge in [0.05, 0.1) is 11.8 Å². The third-order valence-corrected chi connectivity index (χ3v) is 8.92. The maximum Gasteiger partial charge on any atom is 0.114 e. The fourth-order valence-corrected chi connectivity index (χ4v) is 7.56. The summed E-state index contributed by atoms with van der Waals surface area (Å²) < 4.78 is 0. The molecule has 0 saturated heterocycles. The van der Waals surface area contributed by atoms with E-state index in [1.807, 2.05) is 6.92 Å². The molecule has 3 saturated carbocycles. The van der Waals surface area contributed by atoms with E-state index in [2.05, 4.69) is 32.0 Å². The Labute approximate surface area is 159 Å². The van der Waals surface area contributed by atoms with Crippen molar-refractivity contribution in [2.24, 2.45) is 39.7 Å². The van der Waals surface area contributed by atoms with E-state index in [0.717, 1.165) is 30.6 Å². The number of hydrogen-bond acceptors (Lipinski definition) is 3. The summed E-state index contributed by atoms with van der Waals surface area (Å²) in [6, 6.07) is 0. The Morgan fingerprint density at radius 1 is 1.19 bits per heavy atom. The van der Waals surface area contributed by atoms with Crippen molar-refractivity contribution in [2.75, 3.05) is 6.61 Å². The highest BCUT2D eigenvalue weighted by molar-refractivity contribution is 5.85. The molecule has 7 atom stereocenters. The van der Waals surface area contributed by atoms with Crippen molar-refractivity contribution in [1.82, 2.24) is 0 Å². The van der Waals surface area contributed by atoms with Gasteiger partial charge in [-0.1, -0.05) is 30.7 Å². The first-order chi connectivity index (χ1) is 12.4. The maximum absolute atomic E-state index is 10.2. The Bertz CT molecular complexity index is 611. The highest BCUT2D eigenvalue weighted by Gasteiger charge is 2.59. The molecule has 26 heavy (non-hydrogen) atoms. The second kappa shape index (κ2) is 6.65. The molecule has 1 N–H and O–H groups in total. The summed E-state index contributed by atoms with van der Waals surface area (Å²) in [5.74, 6) is 3.05. The van der Waals surface area contributed by atoms with Crippen molar-refractivity contribution in [2.45, 2.75) is 85.2 Å². The lowest BCUT2D eigenvalue weighted by atomic mass is 9.47. The number of aliphatic hydroxyl groups excluding tert-OH is 1. The number of rotatable bonds is 3. The monoisotopic (exact) mass is 359 g/mol. The van der Waals surface area contributed by atoms with Crippen LogP contribution < -0.4 is 0 Å². The Morgan fingerprint density at radius 2 is 2.00 bits per heavy atom. The molecule has 0 radical (unpaired) electrons. The molecule has 0 aliphatic heterocycles. The molecule has 146 valence electrons. The Balaban J connectivity index is 1.60. The zero-order chi connectivity index (χ0) is 18.5. The minimum absolute atomic E-state index is 0.104. The number of nitrogens with zero attached hydrogens (tertiary/aromatic N) is 1. The van der Waals surface area contributed by atoms with Crippen molar-refractivity contribution < 1.29 is 9.94 Å². The summed E-state index contributed by atoms with van der Waals surface area (Å²) in [5, 5.41) is 14.6. The molecule has 0 heterocycles. The number of oxime groups is 1. The number of aliphatic hydroxyl groups is 1. The summed E-state index contributed by atoms with van der Waals surface area (Å²) in [6.07, 6.45) is 12.1. The minimum atomic E-state index is -0.104. The van der Waals surface area contributed by atoms with Crippen LogP contribution >= 0.6 is 0 Å². The van der Waals surface area contributed by atoms with E-state index in [-0.39, 0.29) is 6.10 Å². The van der Waals surface area contributed by atoms with Crippen LogP contribution in [0.2, 0.25) is 0 Å². The SMILES string of the molecule is CCO/N=C(\C)C1CCC2C3CC=C4CC(O)CCC4(C)C3CCC12C. The van der Waals surface area contributed by atoms with Gasteiger partial charge in [-0.3, -0.25) is 0 Å². The molecule has 0 aromatic heterocycles. The van der Waals surface area contributed by atoms with Gasteiger partial charge in [0.1, 0.15) is 6.61 Å². The first kappa shape index (κ1) is 18.5. The lowest BCUT2D eigenvalue weighted by Gasteiger charge is -2.58. The molecule has 3 nitrogen and oxygen atoms in total. The van der Waals surface area contributed by atoms with E-state index >= 15 is 0 Å². The van der Waals surface area contributed by atoms with E-state index in [9.17, 15) is 5.11 Å². The quantitative estimate of drug-likeness (QED) is 0.420. The zero-order valence-electron chi connectivity index (χ0n) is 17.1. The van der Waals surface area contributed by atoms with Crippen LogP contribution in [0.4, 0.5) is 0 Å². The predicted molar refractivity (Wildman–Crippen MR) is 106 cm³/mol. The van der Waals surface area contributed by atoms with Crippen LogP contribution in [-0.2, 0) is 4.84 Å². The predicted octanol–water partition coefficient (Wildman–Crippen LogP) is 5.34. The average molecular weight is 360 g/mol. The molecule has 0 amide bonds. The van der Waals surface area contributed by atoms with Crippen molar-refractivity contribution in [3.05, 3.63) is 11.6 Å². The normalized spacial score (nSPS) is 48.3. The topological polar surface area (TPSA) is 41.8 Å². The third-order valence-electron chi connectivity index (χ3n) is 8.92. The first-order valence-electron chi connectivity index (χ1n) is 10.9. The van der Waals surface area contributed by atoms with Gasteiger partial charge in [0.25, 0.3) is 0 Å². The molecular weight excluding hydrogens is 322 g/mol. The lowest BCUT2D eigenvalue weighted by Crippen LogP contribution is -2.50. The van der Waals surface area contributed by atoms with Gasteiger partial charge >= 0.3 is 0 Å². The fourth-order valence-electron chi connectivity index (χ4n) is 7.56. The molecule has 3 heteroatoms. The molecule has 0 aromatic carbocycles. The number of hydrogen-bond donors (Lipinski definition) is 1. The van der Waals surface area contributed by atoms with E-state index in [1.54, 1.807) is 5.57 Å².